The molecule has 3 rings (SSSR count). The maximum Gasteiger partial charge on any atom is 0.319 e. The third-order valence-corrected chi connectivity index (χ3v) is 4.34. The Balaban J connectivity index is 1.53. The maximum atomic E-state index is 12.8. The number of nitrogens with one attached hydrogen (secondary N) is 1. The Morgan fingerprint density at radius 2 is 2.00 bits per heavy atom. The van der Waals surface area contributed by atoms with Gasteiger partial charge in [-0.05, 0) is 18.9 Å². The van der Waals surface area contributed by atoms with Crippen molar-refractivity contribution in [3.05, 3.63) is 48.0 Å². The predicted octanol–water partition coefficient (Wildman–Crippen LogP) is 2.57. The first kappa shape index (κ1) is 18.3. The summed E-state index contributed by atoms with van der Waals surface area (Å²) in [6.45, 7) is -0.388. The number of benzene rings is 1. The SMILES string of the molecule is O=C(COc1ccccc1CNCc1nccn1C(F)F)N1CCCC1. The number of amides is 1. The fourth-order valence-corrected chi connectivity index (χ4v) is 2.96. The van der Waals surface area contributed by atoms with Crippen LogP contribution in [0, 0.1) is 0 Å². The molecule has 1 fully saturated rings. The molecule has 0 spiro atoms. The third-order valence-electron chi connectivity index (χ3n) is 4.34. The molecule has 26 heavy (non-hydrogen) atoms. The van der Waals surface area contributed by atoms with Gasteiger partial charge in [0.2, 0.25) is 0 Å². The van der Waals surface area contributed by atoms with E-state index < -0.39 is 6.55 Å². The Kier molecular flexibility index (Phi) is 6.17. The van der Waals surface area contributed by atoms with Crippen LogP contribution < -0.4 is 10.1 Å². The zero-order valence-electron chi connectivity index (χ0n) is 14.4. The molecule has 6 nitrogen and oxygen atoms in total. The monoisotopic (exact) mass is 364 g/mol. The summed E-state index contributed by atoms with van der Waals surface area (Å²) in [5.74, 6) is 0.872. The summed E-state index contributed by atoms with van der Waals surface area (Å²) < 4.78 is 32.1. The molecule has 0 atom stereocenters. The smallest absolute Gasteiger partial charge is 0.319 e. The number of alkyl halides is 2. The summed E-state index contributed by atoms with van der Waals surface area (Å²) in [6.07, 6.45) is 4.69. The number of ether oxygens (including phenoxy) is 1. The average molecular weight is 364 g/mol. The van der Waals surface area contributed by atoms with Gasteiger partial charge in [-0.15, -0.1) is 0 Å². The molecule has 1 saturated heterocycles. The van der Waals surface area contributed by atoms with Gasteiger partial charge in [-0.25, -0.2) is 4.98 Å². The van der Waals surface area contributed by atoms with Crippen LogP contribution in [0.25, 0.3) is 0 Å². The number of hydrogen-bond acceptors (Lipinski definition) is 4. The molecule has 2 aromatic rings. The van der Waals surface area contributed by atoms with Crippen molar-refractivity contribution < 1.29 is 18.3 Å². The highest BCUT2D eigenvalue weighted by Gasteiger charge is 2.18. The van der Waals surface area contributed by atoms with Gasteiger partial charge in [0.15, 0.2) is 6.61 Å². The van der Waals surface area contributed by atoms with Crippen LogP contribution in [0.1, 0.15) is 30.8 Å². The highest BCUT2D eigenvalue weighted by Crippen LogP contribution is 2.19. The van der Waals surface area contributed by atoms with E-state index in [-0.39, 0.29) is 24.9 Å². The number of imidazole rings is 1. The summed E-state index contributed by atoms with van der Waals surface area (Å²) in [4.78, 5) is 17.8. The lowest BCUT2D eigenvalue weighted by molar-refractivity contribution is -0.132. The Labute approximate surface area is 150 Å². The first-order chi connectivity index (χ1) is 12.6. The molecule has 8 heteroatoms. The van der Waals surface area contributed by atoms with Gasteiger partial charge < -0.3 is 15.0 Å². The van der Waals surface area contributed by atoms with Crippen molar-refractivity contribution >= 4 is 5.91 Å². The van der Waals surface area contributed by atoms with Gasteiger partial charge in [0.1, 0.15) is 11.6 Å². The van der Waals surface area contributed by atoms with Crippen LogP contribution in [-0.2, 0) is 17.9 Å². The number of likely N-dealkylation sites (tertiary alicyclic amines) is 1. The minimum atomic E-state index is -2.61. The van der Waals surface area contributed by atoms with E-state index >= 15 is 0 Å². The van der Waals surface area contributed by atoms with Gasteiger partial charge in [-0.2, -0.15) is 8.78 Å². The van der Waals surface area contributed by atoms with Gasteiger partial charge >= 0.3 is 6.55 Å². The van der Waals surface area contributed by atoms with Crippen LogP contribution in [0.2, 0.25) is 0 Å². The van der Waals surface area contributed by atoms with Crippen LogP contribution in [0.4, 0.5) is 8.78 Å². The molecule has 1 aromatic carbocycles. The van der Waals surface area contributed by atoms with Crippen molar-refractivity contribution in [3.63, 3.8) is 0 Å². The lowest BCUT2D eigenvalue weighted by Gasteiger charge is -2.17. The van der Waals surface area contributed by atoms with Crippen molar-refractivity contribution in [3.8, 4) is 5.75 Å². The summed E-state index contributed by atoms with van der Waals surface area (Å²) >= 11 is 0. The molecule has 140 valence electrons. The average Bonchev–Trinajstić information content (AvgIpc) is 3.32. The topological polar surface area (TPSA) is 59.4 Å². The number of hydrogen-bond donors (Lipinski definition) is 1. The number of carbonyl (C=O) groups is 1. The Morgan fingerprint density at radius 3 is 2.77 bits per heavy atom. The zero-order valence-corrected chi connectivity index (χ0v) is 14.4. The fourth-order valence-electron chi connectivity index (χ4n) is 2.96. The van der Waals surface area contributed by atoms with Crippen LogP contribution in [0.5, 0.6) is 5.75 Å². The standard InChI is InChI=1S/C18H22F2N4O2/c19-18(20)24-10-7-22-16(24)12-21-11-14-5-1-2-6-15(14)26-13-17(25)23-8-3-4-9-23/h1-2,5-7,10,18,21H,3-4,8-9,11-13H2. The quantitative estimate of drug-likeness (QED) is 0.782. The van der Waals surface area contributed by atoms with Crippen LogP contribution >= 0.6 is 0 Å². The third kappa shape index (κ3) is 4.57. The number of halogens is 2. The molecule has 1 aromatic heterocycles. The summed E-state index contributed by atoms with van der Waals surface area (Å²) in [5.41, 5.74) is 0.858. The van der Waals surface area contributed by atoms with Gasteiger partial charge in [-0.1, -0.05) is 18.2 Å². The first-order valence-corrected chi connectivity index (χ1v) is 8.64. The van der Waals surface area contributed by atoms with Crippen molar-refractivity contribution in [1.29, 1.82) is 0 Å². The fraction of sp³-hybridized carbons (Fsp3) is 0.444. The van der Waals surface area contributed by atoms with E-state index in [4.69, 9.17) is 4.74 Å². The largest absolute Gasteiger partial charge is 0.483 e. The van der Waals surface area contributed by atoms with E-state index in [0.29, 0.717) is 12.3 Å². The van der Waals surface area contributed by atoms with Crippen LogP contribution in [0.15, 0.2) is 36.7 Å². The molecule has 0 bridgehead atoms. The highest BCUT2D eigenvalue weighted by atomic mass is 19.3. The second-order valence-corrected chi connectivity index (χ2v) is 6.12. The Bertz CT molecular complexity index is 729. The normalized spacial score (nSPS) is 14.2. The molecule has 0 saturated carbocycles. The van der Waals surface area contributed by atoms with Gasteiger partial charge in [0, 0.05) is 37.6 Å². The number of carbonyl (C=O) groups excluding carboxylic acids is 1. The van der Waals surface area contributed by atoms with Crippen molar-refractivity contribution in [1.82, 2.24) is 19.8 Å². The second kappa shape index (κ2) is 8.75. The summed E-state index contributed by atoms with van der Waals surface area (Å²) in [6, 6.07) is 7.38. The lowest BCUT2D eigenvalue weighted by atomic mass is 10.2. The molecule has 1 N–H and O–H groups in total. The number of aromatic nitrogens is 2. The summed E-state index contributed by atoms with van der Waals surface area (Å²) in [5, 5.41) is 3.09. The molecule has 2 heterocycles. The van der Waals surface area contributed by atoms with E-state index in [1.165, 1.54) is 12.4 Å². The Morgan fingerprint density at radius 1 is 1.23 bits per heavy atom. The molecule has 0 radical (unpaired) electrons. The minimum Gasteiger partial charge on any atom is -0.483 e. The van der Waals surface area contributed by atoms with Gasteiger partial charge in [-0.3, -0.25) is 9.36 Å². The number of nitrogens with zero attached hydrogens (tertiary/aromatic N) is 3. The Hall–Kier alpha value is -2.48. The van der Waals surface area contributed by atoms with E-state index in [1.54, 1.807) is 6.07 Å². The molecule has 0 unspecified atom stereocenters. The van der Waals surface area contributed by atoms with E-state index in [1.807, 2.05) is 23.1 Å². The van der Waals surface area contributed by atoms with Gasteiger partial charge in [0.05, 0.1) is 6.54 Å². The lowest BCUT2D eigenvalue weighted by Crippen LogP contribution is -2.32. The maximum absolute atomic E-state index is 12.8. The van der Waals surface area contributed by atoms with Crippen LogP contribution in [-0.4, -0.2) is 40.1 Å². The summed E-state index contributed by atoms with van der Waals surface area (Å²) in [7, 11) is 0. The van der Waals surface area contributed by atoms with Crippen molar-refractivity contribution in [2.24, 2.45) is 0 Å². The molecule has 0 aliphatic carbocycles. The zero-order chi connectivity index (χ0) is 18.4. The van der Waals surface area contributed by atoms with Crippen LogP contribution in [0.3, 0.4) is 0 Å². The number of para-hydroxylation sites is 1. The van der Waals surface area contributed by atoms with E-state index in [0.717, 1.165) is 36.1 Å². The molecular weight excluding hydrogens is 342 g/mol. The molecule has 1 amide bonds. The predicted molar refractivity (Wildman–Crippen MR) is 91.8 cm³/mol. The minimum absolute atomic E-state index is 0.00675. The molecular formula is C18H22F2N4O2. The highest BCUT2D eigenvalue weighted by molar-refractivity contribution is 5.78. The van der Waals surface area contributed by atoms with E-state index in [2.05, 4.69) is 10.3 Å². The van der Waals surface area contributed by atoms with E-state index in [9.17, 15) is 13.6 Å². The molecule has 1 aliphatic heterocycles. The first-order valence-electron chi connectivity index (χ1n) is 8.64. The van der Waals surface area contributed by atoms with Crippen molar-refractivity contribution in [2.45, 2.75) is 32.5 Å². The second-order valence-electron chi connectivity index (χ2n) is 6.12. The number of rotatable bonds is 8. The van der Waals surface area contributed by atoms with Gasteiger partial charge in [0.25, 0.3) is 5.91 Å². The van der Waals surface area contributed by atoms with Crippen molar-refractivity contribution in [2.75, 3.05) is 19.7 Å². The molecule has 1 aliphatic rings.